The molecule has 1 saturated heterocycles. The van der Waals surface area contributed by atoms with Gasteiger partial charge in [-0.15, -0.1) is 0 Å². The lowest BCUT2D eigenvalue weighted by molar-refractivity contribution is -0.133. The van der Waals surface area contributed by atoms with Gasteiger partial charge in [0, 0.05) is 68.2 Å². The molecular formula is C34H40N6O5. The van der Waals surface area contributed by atoms with Crippen molar-refractivity contribution in [1.29, 1.82) is 0 Å². The monoisotopic (exact) mass is 612 g/mol. The number of hydrogen-bond donors (Lipinski definition) is 6. The minimum atomic E-state index is -1.30. The molecular weight excluding hydrogens is 572 g/mol. The number of piperazine rings is 1. The van der Waals surface area contributed by atoms with Gasteiger partial charge >= 0.3 is 0 Å². The maximum atomic E-state index is 12.4. The van der Waals surface area contributed by atoms with E-state index in [2.05, 4.69) is 61.9 Å². The van der Waals surface area contributed by atoms with Crippen LogP contribution in [0.2, 0.25) is 0 Å². The second-order valence-corrected chi connectivity index (χ2v) is 10.9. The van der Waals surface area contributed by atoms with Crippen molar-refractivity contribution in [1.82, 2.24) is 25.9 Å². The molecule has 2 atom stereocenters. The van der Waals surface area contributed by atoms with Crippen molar-refractivity contribution in [2.45, 2.75) is 25.6 Å². The molecule has 1 aliphatic heterocycles. The molecule has 45 heavy (non-hydrogen) atoms. The van der Waals surface area contributed by atoms with E-state index in [0.717, 1.165) is 51.4 Å². The molecule has 0 unspecified atom stereocenters. The average Bonchev–Trinajstić information content (AvgIpc) is 3.06. The Morgan fingerprint density at radius 3 is 2.04 bits per heavy atom. The van der Waals surface area contributed by atoms with Crippen LogP contribution in [0.4, 0.5) is 5.69 Å². The zero-order chi connectivity index (χ0) is 32.0. The molecule has 0 bridgehead atoms. The summed E-state index contributed by atoms with van der Waals surface area (Å²) in [6.07, 6.45) is -1.20. The second kappa shape index (κ2) is 17.1. The van der Waals surface area contributed by atoms with Crippen LogP contribution < -0.4 is 21.4 Å². The lowest BCUT2D eigenvalue weighted by atomic mass is 10.1. The van der Waals surface area contributed by atoms with Gasteiger partial charge in [-0.25, -0.2) is 5.48 Å². The topological polar surface area (TPSA) is 146 Å². The molecule has 1 fully saturated rings. The number of aliphatic hydroxyl groups is 1. The maximum absolute atomic E-state index is 12.4. The first kappa shape index (κ1) is 33.3. The second-order valence-electron chi connectivity index (χ2n) is 10.9. The standard InChI is InChI=1S/C34H40N6O5/c1-25(41)32(34(44)38-45)37-33(43)29-13-9-26(10-14-29)7-8-27-11-15-30(16-12-27)36-31(42)23-35-17-18-39-19-21-40(22-20-39)24-28-5-3-2-4-6-28/h2-6,9-16,25,32,35,41,45H,17-24H2,1H3,(H,36,42)(H,37,43)(H,38,44)/t25-,32+/m1/s1. The lowest BCUT2D eigenvalue weighted by Crippen LogP contribution is -2.51. The normalized spacial score (nSPS) is 14.8. The highest BCUT2D eigenvalue weighted by Crippen LogP contribution is 2.11. The summed E-state index contributed by atoms with van der Waals surface area (Å²) in [7, 11) is 0. The third-order valence-corrected chi connectivity index (χ3v) is 7.43. The average molecular weight is 613 g/mol. The Labute approximate surface area is 263 Å². The SMILES string of the molecule is C[C@@H](O)[C@H](NC(=O)c1ccc(C#Cc2ccc(NC(=O)CNCCN3CCN(Cc4ccccc4)CC3)cc2)cc1)C(=O)NO. The van der Waals surface area contributed by atoms with Crippen LogP contribution in [0.15, 0.2) is 78.9 Å². The van der Waals surface area contributed by atoms with Gasteiger partial charge in [0.25, 0.3) is 11.8 Å². The summed E-state index contributed by atoms with van der Waals surface area (Å²) in [6, 6.07) is 22.9. The number of aliphatic hydroxyl groups excluding tert-OH is 1. The molecule has 0 aromatic heterocycles. The van der Waals surface area contributed by atoms with Crippen molar-refractivity contribution >= 4 is 23.4 Å². The van der Waals surface area contributed by atoms with Crippen molar-refractivity contribution in [3.8, 4) is 11.8 Å². The smallest absolute Gasteiger partial charge is 0.268 e. The number of hydroxylamine groups is 1. The fourth-order valence-corrected chi connectivity index (χ4v) is 4.84. The van der Waals surface area contributed by atoms with E-state index in [1.807, 2.05) is 18.2 Å². The number of carbonyl (C=O) groups is 3. The number of rotatable bonds is 12. The van der Waals surface area contributed by atoms with Crippen LogP contribution in [0.25, 0.3) is 0 Å². The van der Waals surface area contributed by atoms with Crippen molar-refractivity contribution in [3.05, 3.63) is 101 Å². The highest BCUT2D eigenvalue weighted by atomic mass is 16.5. The summed E-state index contributed by atoms with van der Waals surface area (Å²) in [5.41, 5.74) is 5.15. The summed E-state index contributed by atoms with van der Waals surface area (Å²) in [4.78, 5) is 41.4. The molecule has 11 heteroatoms. The van der Waals surface area contributed by atoms with Gasteiger partial charge in [0.05, 0.1) is 12.6 Å². The van der Waals surface area contributed by atoms with Crippen molar-refractivity contribution in [2.24, 2.45) is 0 Å². The number of benzene rings is 3. The van der Waals surface area contributed by atoms with Gasteiger partial charge in [-0.3, -0.25) is 29.4 Å². The lowest BCUT2D eigenvalue weighted by Gasteiger charge is -2.34. The number of carbonyl (C=O) groups excluding carboxylic acids is 3. The first-order valence-electron chi connectivity index (χ1n) is 14.9. The molecule has 4 rings (SSSR count). The van der Waals surface area contributed by atoms with Gasteiger partial charge in [-0.05, 0) is 61.0 Å². The molecule has 0 spiro atoms. The Morgan fingerprint density at radius 1 is 0.844 bits per heavy atom. The number of amides is 3. The molecule has 1 heterocycles. The van der Waals surface area contributed by atoms with Gasteiger partial charge in [-0.1, -0.05) is 42.2 Å². The van der Waals surface area contributed by atoms with Gasteiger partial charge in [-0.2, -0.15) is 0 Å². The van der Waals surface area contributed by atoms with E-state index in [1.165, 1.54) is 18.0 Å². The third-order valence-electron chi connectivity index (χ3n) is 7.43. The molecule has 3 aromatic rings. The van der Waals surface area contributed by atoms with Crippen LogP contribution in [-0.2, 0) is 16.1 Å². The molecule has 0 saturated carbocycles. The largest absolute Gasteiger partial charge is 0.391 e. The van der Waals surface area contributed by atoms with Gasteiger partial charge in [0.1, 0.15) is 6.04 Å². The summed E-state index contributed by atoms with van der Waals surface area (Å²) < 4.78 is 0. The molecule has 11 nitrogen and oxygen atoms in total. The Bertz CT molecular complexity index is 1460. The van der Waals surface area contributed by atoms with E-state index in [-0.39, 0.29) is 18.0 Å². The van der Waals surface area contributed by atoms with Gasteiger partial charge < -0.3 is 21.1 Å². The number of nitrogens with zero attached hydrogens (tertiary/aromatic N) is 2. The van der Waals surface area contributed by atoms with Crippen LogP contribution >= 0.6 is 0 Å². The zero-order valence-corrected chi connectivity index (χ0v) is 25.3. The Hall–Kier alpha value is -4.57. The van der Waals surface area contributed by atoms with Crippen LogP contribution in [0.1, 0.15) is 34.0 Å². The minimum absolute atomic E-state index is 0.109. The van der Waals surface area contributed by atoms with E-state index in [0.29, 0.717) is 11.3 Å². The number of hydrogen-bond acceptors (Lipinski definition) is 8. The molecule has 0 aliphatic carbocycles. The molecule has 3 aromatic carbocycles. The van der Waals surface area contributed by atoms with Crippen LogP contribution in [-0.4, -0.2) is 95.8 Å². The van der Waals surface area contributed by atoms with E-state index in [9.17, 15) is 19.5 Å². The zero-order valence-electron chi connectivity index (χ0n) is 25.3. The van der Waals surface area contributed by atoms with Crippen LogP contribution in [0.5, 0.6) is 0 Å². The molecule has 3 amide bonds. The third kappa shape index (κ3) is 10.8. The van der Waals surface area contributed by atoms with Crippen molar-refractivity contribution in [3.63, 3.8) is 0 Å². The van der Waals surface area contributed by atoms with Crippen molar-refractivity contribution in [2.75, 3.05) is 51.1 Å². The van der Waals surface area contributed by atoms with E-state index in [4.69, 9.17) is 5.21 Å². The van der Waals surface area contributed by atoms with Crippen molar-refractivity contribution < 1.29 is 24.7 Å². The summed E-state index contributed by atoms with van der Waals surface area (Å²) >= 11 is 0. The van der Waals surface area contributed by atoms with E-state index >= 15 is 0 Å². The molecule has 1 aliphatic rings. The highest BCUT2D eigenvalue weighted by Gasteiger charge is 2.25. The van der Waals surface area contributed by atoms with Gasteiger partial charge in [0.2, 0.25) is 5.91 Å². The minimum Gasteiger partial charge on any atom is -0.391 e. The highest BCUT2D eigenvalue weighted by molar-refractivity contribution is 5.97. The predicted octanol–water partition coefficient (Wildman–Crippen LogP) is 1.42. The van der Waals surface area contributed by atoms with E-state index in [1.54, 1.807) is 36.4 Å². The fraction of sp³-hybridized carbons (Fsp3) is 0.324. The molecule has 236 valence electrons. The Kier molecular flexibility index (Phi) is 12.6. The molecule has 6 N–H and O–H groups in total. The number of nitrogens with one attached hydrogen (secondary N) is 4. The van der Waals surface area contributed by atoms with Crippen LogP contribution in [0.3, 0.4) is 0 Å². The first-order valence-corrected chi connectivity index (χ1v) is 14.9. The maximum Gasteiger partial charge on any atom is 0.268 e. The summed E-state index contributed by atoms with van der Waals surface area (Å²) in [5.74, 6) is 4.47. The fourth-order valence-electron chi connectivity index (χ4n) is 4.84. The quantitative estimate of drug-likeness (QED) is 0.0780. The van der Waals surface area contributed by atoms with E-state index < -0.39 is 24.0 Å². The Balaban J connectivity index is 1.14. The summed E-state index contributed by atoms with van der Waals surface area (Å²) in [6.45, 7) is 8.34. The Morgan fingerprint density at radius 2 is 1.44 bits per heavy atom. The van der Waals surface area contributed by atoms with Gasteiger partial charge in [0.15, 0.2) is 0 Å². The van der Waals surface area contributed by atoms with Crippen LogP contribution in [0, 0.1) is 11.8 Å². The summed E-state index contributed by atoms with van der Waals surface area (Å²) in [5, 5.41) is 27.0. The number of anilines is 1. The first-order chi connectivity index (χ1) is 21.8. The predicted molar refractivity (Wildman–Crippen MR) is 171 cm³/mol. The molecule has 0 radical (unpaired) electrons.